The van der Waals surface area contributed by atoms with Gasteiger partial charge in [-0.2, -0.15) is 0 Å². The number of carbonyl (C=O) groups excluding carboxylic acids is 3. The molecule has 0 bridgehead atoms. The number of carboxylic acids is 1. The van der Waals surface area contributed by atoms with E-state index in [1.165, 1.54) is 0 Å². The third-order valence-corrected chi connectivity index (χ3v) is 11.3. The highest BCUT2D eigenvalue weighted by molar-refractivity contribution is 5.74. The van der Waals surface area contributed by atoms with Crippen LogP contribution in [-0.2, 0) is 42.9 Å². The Morgan fingerprint density at radius 1 is 0.429 bits per heavy atom. The normalized spacial score (nSPS) is 19.3. The van der Waals surface area contributed by atoms with Crippen LogP contribution in [-0.4, -0.2) is 89.2 Å². The van der Waals surface area contributed by atoms with Crippen LogP contribution in [0, 0.1) is 0 Å². The van der Waals surface area contributed by atoms with Crippen molar-refractivity contribution in [2.45, 2.75) is 199 Å². The van der Waals surface area contributed by atoms with Crippen molar-refractivity contribution in [1.29, 1.82) is 0 Å². The first-order valence-electron chi connectivity index (χ1n) is 28.1. The van der Waals surface area contributed by atoms with Crippen molar-refractivity contribution in [1.82, 2.24) is 0 Å². The molecule has 1 aliphatic heterocycles. The minimum absolute atomic E-state index is 0.0530. The average Bonchev–Trinajstić information content (AvgIpc) is 3.42. The molecule has 0 radical (unpaired) electrons. The van der Waals surface area contributed by atoms with Crippen molar-refractivity contribution in [3.63, 3.8) is 0 Å². The average molecular weight is 1070 g/mol. The Morgan fingerprint density at radius 3 is 1.16 bits per heavy atom. The standard InChI is InChI=1S/C65H94O12/c1-4-7-10-13-16-19-22-25-27-29-31-34-36-39-42-45-48-51-57(66)73-54-56(75-58(67)52-49-46-43-40-38-35-32-30-28-26-23-20-17-14-11-8-5-2)55-74-65-63(61(70)60(69)62(77-65)64(71)72)76-59(68)53-50-47-44-41-37-33-24-21-18-15-12-9-6-3/h7-12,16-21,25-28,31-35,37,39-40,42-44,47,56,60-63,65,69-70H,4-6,13-15,22-24,29-30,36,38,41,45-46,48-55H2,1-3H3,(H,71,72)/b10-7-,11-8-,12-9-,19-16-,20-17-,21-18-,27-25-,28-26-,34-31-,35-32-,37-33-,42-39-,43-40-,47-44-. The highest BCUT2D eigenvalue weighted by Gasteiger charge is 2.50. The Morgan fingerprint density at radius 2 is 0.779 bits per heavy atom. The van der Waals surface area contributed by atoms with E-state index in [2.05, 4.69) is 148 Å². The lowest BCUT2D eigenvalue weighted by molar-refractivity contribution is -0.301. The van der Waals surface area contributed by atoms with Gasteiger partial charge in [0.15, 0.2) is 24.6 Å². The van der Waals surface area contributed by atoms with E-state index in [9.17, 15) is 34.5 Å². The van der Waals surface area contributed by atoms with Gasteiger partial charge in [0.25, 0.3) is 0 Å². The molecule has 0 spiro atoms. The lowest BCUT2D eigenvalue weighted by Crippen LogP contribution is -2.61. The number of aliphatic hydroxyl groups excluding tert-OH is 2. The van der Waals surface area contributed by atoms with E-state index in [-0.39, 0.29) is 25.9 Å². The first-order chi connectivity index (χ1) is 37.6. The quantitative estimate of drug-likeness (QED) is 0.0228. The van der Waals surface area contributed by atoms with Gasteiger partial charge in [0.2, 0.25) is 0 Å². The molecule has 0 amide bonds. The number of rotatable bonds is 44. The van der Waals surface area contributed by atoms with Gasteiger partial charge in [-0.3, -0.25) is 14.4 Å². The maximum Gasteiger partial charge on any atom is 0.335 e. The number of carboxylic acid groups (broad SMARTS) is 1. The Labute approximate surface area is 462 Å². The Bertz CT molecular complexity index is 1990. The summed E-state index contributed by atoms with van der Waals surface area (Å²) < 4.78 is 28.1. The molecule has 0 aliphatic carbocycles. The second-order valence-electron chi connectivity index (χ2n) is 18.1. The zero-order valence-corrected chi connectivity index (χ0v) is 46.6. The Balaban J connectivity index is 2.84. The minimum Gasteiger partial charge on any atom is -0.479 e. The summed E-state index contributed by atoms with van der Waals surface area (Å²) >= 11 is 0. The maximum atomic E-state index is 13.1. The zero-order valence-electron chi connectivity index (χ0n) is 46.6. The van der Waals surface area contributed by atoms with Crippen LogP contribution in [0.4, 0.5) is 0 Å². The molecule has 1 rings (SSSR count). The monoisotopic (exact) mass is 1070 g/mol. The van der Waals surface area contributed by atoms with Gasteiger partial charge in [-0.25, -0.2) is 4.79 Å². The molecule has 1 saturated heterocycles. The topological polar surface area (TPSA) is 175 Å². The fraction of sp³-hybridized carbons (Fsp3) is 0.508. The van der Waals surface area contributed by atoms with E-state index in [0.29, 0.717) is 38.5 Å². The highest BCUT2D eigenvalue weighted by Crippen LogP contribution is 2.26. The van der Waals surface area contributed by atoms with Gasteiger partial charge in [-0.05, 0) is 122 Å². The van der Waals surface area contributed by atoms with Gasteiger partial charge in [0, 0.05) is 19.3 Å². The molecule has 426 valence electrons. The van der Waals surface area contributed by atoms with Gasteiger partial charge < -0.3 is 39.0 Å². The molecule has 0 aromatic carbocycles. The summed E-state index contributed by atoms with van der Waals surface area (Å²) in [6.45, 7) is 5.47. The number of hydrogen-bond acceptors (Lipinski definition) is 11. The van der Waals surface area contributed by atoms with E-state index < -0.39 is 67.3 Å². The van der Waals surface area contributed by atoms with E-state index in [1.807, 2.05) is 42.5 Å². The summed E-state index contributed by atoms with van der Waals surface area (Å²) in [7, 11) is 0. The fourth-order valence-electron chi connectivity index (χ4n) is 7.10. The Hall–Kier alpha value is -5.92. The van der Waals surface area contributed by atoms with Crippen LogP contribution in [0.2, 0.25) is 0 Å². The molecule has 1 heterocycles. The second kappa shape index (κ2) is 50.9. The molecule has 6 atom stereocenters. The van der Waals surface area contributed by atoms with Crippen molar-refractivity contribution >= 4 is 23.9 Å². The predicted molar refractivity (Wildman–Crippen MR) is 312 cm³/mol. The number of carbonyl (C=O) groups is 4. The molecular weight excluding hydrogens is 973 g/mol. The van der Waals surface area contributed by atoms with E-state index in [4.69, 9.17) is 23.7 Å². The van der Waals surface area contributed by atoms with Crippen molar-refractivity contribution in [3.8, 4) is 0 Å². The number of aliphatic hydroxyl groups is 2. The highest BCUT2D eigenvalue weighted by atomic mass is 16.7. The van der Waals surface area contributed by atoms with Crippen molar-refractivity contribution < 1.29 is 58.2 Å². The van der Waals surface area contributed by atoms with Crippen molar-refractivity contribution in [3.05, 3.63) is 170 Å². The van der Waals surface area contributed by atoms with Crippen LogP contribution >= 0.6 is 0 Å². The van der Waals surface area contributed by atoms with E-state index in [1.54, 1.807) is 0 Å². The SMILES string of the molecule is CC/C=C\C/C=C\C/C=C\C/C=C\C/C=C\CCCC(=O)OCC(COC1OC(C(=O)O)C(O)C(O)C1OC(=O)CC/C=C\C/C=C\C/C=C\C/C=C\CC)OC(=O)CCC/C=C\C/C=C\C/C=C\C/C=C\C/C=C\CC. The zero-order chi connectivity index (χ0) is 56.1. The molecule has 1 aliphatic rings. The number of hydrogen-bond donors (Lipinski definition) is 3. The number of allylic oxidation sites excluding steroid dienone is 28. The van der Waals surface area contributed by atoms with E-state index >= 15 is 0 Å². The fourth-order valence-corrected chi connectivity index (χ4v) is 7.10. The van der Waals surface area contributed by atoms with Crippen molar-refractivity contribution in [2.24, 2.45) is 0 Å². The van der Waals surface area contributed by atoms with Crippen LogP contribution in [0.5, 0.6) is 0 Å². The summed E-state index contributed by atoms with van der Waals surface area (Å²) in [5.41, 5.74) is 0. The lowest BCUT2D eigenvalue weighted by atomic mass is 9.98. The predicted octanol–water partition coefficient (Wildman–Crippen LogP) is 14.3. The van der Waals surface area contributed by atoms with Crippen LogP contribution in [0.3, 0.4) is 0 Å². The first kappa shape index (κ1) is 69.1. The summed E-state index contributed by atoms with van der Waals surface area (Å²) in [5.74, 6) is -3.43. The minimum atomic E-state index is -1.95. The molecule has 0 aromatic rings. The molecule has 12 nitrogen and oxygen atoms in total. The van der Waals surface area contributed by atoms with Crippen molar-refractivity contribution in [2.75, 3.05) is 13.2 Å². The van der Waals surface area contributed by atoms with Crippen LogP contribution < -0.4 is 0 Å². The van der Waals surface area contributed by atoms with Crippen LogP contribution in [0.25, 0.3) is 0 Å². The number of ether oxygens (including phenoxy) is 5. The largest absolute Gasteiger partial charge is 0.479 e. The molecule has 1 fully saturated rings. The van der Waals surface area contributed by atoms with Gasteiger partial charge in [0.1, 0.15) is 18.8 Å². The second-order valence-corrected chi connectivity index (χ2v) is 18.1. The van der Waals surface area contributed by atoms with Gasteiger partial charge >= 0.3 is 23.9 Å². The van der Waals surface area contributed by atoms with Gasteiger partial charge in [0.05, 0.1) is 6.61 Å². The first-order valence-corrected chi connectivity index (χ1v) is 28.1. The molecule has 6 unspecified atom stereocenters. The summed E-state index contributed by atoms with van der Waals surface area (Å²) in [6.07, 6.45) is 63.6. The molecular formula is C65H94O12. The summed E-state index contributed by atoms with van der Waals surface area (Å²) in [6, 6.07) is 0. The molecule has 0 saturated carbocycles. The van der Waals surface area contributed by atoms with Gasteiger partial charge in [-0.1, -0.05) is 191 Å². The van der Waals surface area contributed by atoms with Crippen LogP contribution in [0.15, 0.2) is 170 Å². The Kier molecular flexibility index (Phi) is 45.6. The van der Waals surface area contributed by atoms with Crippen LogP contribution in [0.1, 0.15) is 162 Å². The van der Waals surface area contributed by atoms with Gasteiger partial charge in [-0.15, -0.1) is 0 Å². The lowest BCUT2D eigenvalue weighted by Gasteiger charge is -2.40. The molecule has 77 heavy (non-hydrogen) atoms. The van der Waals surface area contributed by atoms with E-state index in [0.717, 1.165) is 83.5 Å². The summed E-state index contributed by atoms with van der Waals surface area (Å²) in [5, 5.41) is 31.4. The molecule has 12 heteroatoms. The third-order valence-electron chi connectivity index (χ3n) is 11.3. The maximum absolute atomic E-state index is 13.1. The smallest absolute Gasteiger partial charge is 0.335 e. The number of unbranched alkanes of at least 4 members (excludes halogenated alkanes) is 2. The number of aliphatic carboxylic acids is 1. The molecule has 0 aromatic heterocycles. The molecule has 3 N–H and O–H groups in total. The summed E-state index contributed by atoms with van der Waals surface area (Å²) in [4.78, 5) is 51.0. The third kappa shape index (κ3) is 40.9. The number of esters is 3.